The molecule has 0 radical (unpaired) electrons. The lowest BCUT2D eigenvalue weighted by molar-refractivity contribution is 0.0941. The van der Waals surface area contributed by atoms with Crippen LogP contribution in [0.4, 0.5) is 0 Å². The summed E-state index contributed by atoms with van der Waals surface area (Å²) < 4.78 is 1.81. The minimum atomic E-state index is -0.352. The Labute approximate surface area is 150 Å². The predicted molar refractivity (Wildman–Crippen MR) is 100 cm³/mol. The number of rotatable bonds is 6. The summed E-state index contributed by atoms with van der Waals surface area (Å²) in [5.74, 6) is -0.126. The average Bonchev–Trinajstić information content (AvgIpc) is 2.94. The van der Waals surface area contributed by atoms with Gasteiger partial charge in [0.2, 0.25) is 0 Å². The standard InChI is InChI=1S/C18H26N4O.ClH/c1-5-18(19,6-2)12-20-17(23)15-11-21-22(14(15)4)16-10-8-7-9-13(16)3;/h7-11H,5-6,12,19H2,1-4H3,(H,20,23);1H. The maximum Gasteiger partial charge on any atom is 0.254 e. The Kier molecular flexibility index (Phi) is 6.99. The van der Waals surface area contributed by atoms with Gasteiger partial charge in [-0.15, -0.1) is 12.4 Å². The Balaban J connectivity index is 0.00000288. The molecule has 0 fully saturated rings. The number of hydrogen-bond donors (Lipinski definition) is 2. The minimum absolute atomic E-state index is 0. The number of amides is 1. The van der Waals surface area contributed by atoms with Gasteiger partial charge in [-0.1, -0.05) is 32.0 Å². The number of para-hydroxylation sites is 1. The first-order valence-corrected chi connectivity index (χ1v) is 8.09. The number of hydrogen-bond acceptors (Lipinski definition) is 3. The van der Waals surface area contributed by atoms with Crippen LogP contribution in [0.5, 0.6) is 0 Å². The summed E-state index contributed by atoms with van der Waals surface area (Å²) in [6.45, 7) is 8.48. The number of carbonyl (C=O) groups is 1. The highest BCUT2D eigenvalue weighted by Gasteiger charge is 2.22. The molecular weight excluding hydrogens is 324 g/mol. The van der Waals surface area contributed by atoms with E-state index in [9.17, 15) is 4.79 Å². The van der Waals surface area contributed by atoms with Crippen molar-refractivity contribution < 1.29 is 4.79 Å². The maximum atomic E-state index is 12.5. The second-order valence-electron chi connectivity index (χ2n) is 6.09. The smallest absolute Gasteiger partial charge is 0.254 e. The first kappa shape index (κ1) is 20.2. The van der Waals surface area contributed by atoms with Crippen LogP contribution in [0.25, 0.3) is 5.69 Å². The molecule has 132 valence electrons. The van der Waals surface area contributed by atoms with E-state index in [-0.39, 0.29) is 23.9 Å². The van der Waals surface area contributed by atoms with Crippen LogP contribution in [0.15, 0.2) is 30.5 Å². The molecule has 0 saturated carbocycles. The van der Waals surface area contributed by atoms with E-state index in [1.165, 1.54) is 0 Å². The molecule has 0 saturated heterocycles. The maximum absolute atomic E-state index is 12.5. The number of nitrogens with zero attached hydrogens (tertiary/aromatic N) is 2. The van der Waals surface area contributed by atoms with Crippen molar-refractivity contribution in [3.63, 3.8) is 0 Å². The molecule has 0 bridgehead atoms. The summed E-state index contributed by atoms with van der Waals surface area (Å²) in [5, 5.41) is 7.32. The molecule has 24 heavy (non-hydrogen) atoms. The predicted octanol–water partition coefficient (Wildman–Crippen LogP) is 3.16. The van der Waals surface area contributed by atoms with Crippen LogP contribution in [0.2, 0.25) is 0 Å². The van der Waals surface area contributed by atoms with Gasteiger partial charge in [-0.05, 0) is 38.3 Å². The molecule has 2 aromatic rings. The Morgan fingerprint density at radius 1 is 1.25 bits per heavy atom. The largest absolute Gasteiger partial charge is 0.350 e. The molecule has 1 aromatic heterocycles. The molecule has 3 N–H and O–H groups in total. The lowest BCUT2D eigenvalue weighted by atomic mass is 9.94. The second-order valence-corrected chi connectivity index (χ2v) is 6.09. The number of nitrogens with two attached hydrogens (primary N) is 1. The van der Waals surface area contributed by atoms with E-state index in [0.29, 0.717) is 12.1 Å². The highest BCUT2D eigenvalue weighted by atomic mass is 35.5. The summed E-state index contributed by atoms with van der Waals surface area (Å²) in [4.78, 5) is 12.5. The van der Waals surface area contributed by atoms with Gasteiger partial charge in [-0.2, -0.15) is 5.10 Å². The fourth-order valence-corrected chi connectivity index (χ4v) is 2.53. The van der Waals surface area contributed by atoms with Crippen LogP contribution in [-0.4, -0.2) is 27.8 Å². The zero-order valence-corrected chi connectivity index (χ0v) is 15.6. The van der Waals surface area contributed by atoms with E-state index < -0.39 is 0 Å². The molecule has 6 heteroatoms. The van der Waals surface area contributed by atoms with Gasteiger partial charge in [-0.25, -0.2) is 4.68 Å². The third-order valence-corrected chi connectivity index (χ3v) is 4.61. The molecule has 0 aliphatic carbocycles. The molecule has 0 unspecified atom stereocenters. The van der Waals surface area contributed by atoms with Crippen molar-refractivity contribution >= 4 is 18.3 Å². The van der Waals surface area contributed by atoms with Crippen molar-refractivity contribution in [3.05, 3.63) is 47.3 Å². The monoisotopic (exact) mass is 350 g/mol. The molecule has 5 nitrogen and oxygen atoms in total. The van der Waals surface area contributed by atoms with E-state index >= 15 is 0 Å². The van der Waals surface area contributed by atoms with Gasteiger partial charge >= 0.3 is 0 Å². The zero-order valence-electron chi connectivity index (χ0n) is 14.8. The lowest BCUT2D eigenvalue weighted by Crippen LogP contribution is -2.49. The third-order valence-electron chi connectivity index (χ3n) is 4.61. The SMILES string of the molecule is CCC(N)(CC)CNC(=O)c1cnn(-c2ccccc2C)c1C.Cl. The van der Waals surface area contributed by atoms with Crippen molar-refractivity contribution in [1.29, 1.82) is 0 Å². The number of aryl methyl sites for hydroxylation is 1. The van der Waals surface area contributed by atoms with Gasteiger partial charge in [-0.3, -0.25) is 4.79 Å². The average molecular weight is 351 g/mol. The van der Waals surface area contributed by atoms with E-state index in [1.807, 2.05) is 52.0 Å². The molecule has 0 spiro atoms. The topological polar surface area (TPSA) is 72.9 Å². The molecule has 1 aromatic carbocycles. The van der Waals surface area contributed by atoms with Crippen molar-refractivity contribution in [2.24, 2.45) is 5.73 Å². The number of benzene rings is 1. The fourth-order valence-electron chi connectivity index (χ4n) is 2.53. The number of aromatic nitrogens is 2. The van der Waals surface area contributed by atoms with Gasteiger partial charge in [0.15, 0.2) is 0 Å². The van der Waals surface area contributed by atoms with Crippen LogP contribution >= 0.6 is 12.4 Å². The van der Waals surface area contributed by atoms with Crippen molar-refractivity contribution in [3.8, 4) is 5.69 Å². The third kappa shape index (κ3) is 4.16. The van der Waals surface area contributed by atoms with Crippen LogP contribution in [-0.2, 0) is 0 Å². The van der Waals surface area contributed by atoms with Crippen LogP contribution in [0.3, 0.4) is 0 Å². The minimum Gasteiger partial charge on any atom is -0.350 e. The Morgan fingerprint density at radius 3 is 2.46 bits per heavy atom. The normalized spacial score (nSPS) is 11.0. The van der Waals surface area contributed by atoms with Gasteiger partial charge in [0, 0.05) is 12.1 Å². The van der Waals surface area contributed by atoms with E-state index in [4.69, 9.17) is 5.73 Å². The highest BCUT2D eigenvalue weighted by molar-refractivity contribution is 5.95. The second kappa shape index (κ2) is 8.31. The Hall–Kier alpha value is -1.85. The molecular formula is C18H27ClN4O. The van der Waals surface area contributed by atoms with Crippen LogP contribution in [0, 0.1) is 13.8 Å². The first-order chi connectivity index (χ1) is 10.9. The van der Waals surface area contributed by atoms with Crippen molar-refractivity contribution in [1.82, 2.24) is 15.1 Å². The summed E-state index contributed by atoms with van der Waals surface area (Å²) in [5.41, 5.74) is 9.40. The molecule has 2 rings (SSSR count). The van der Waals surface area contributed by atoms with Gasteiger partial charge in [0.05, 0.1) is 23.1 Å². The first-order valence-electron chi connectivity index (χ1n) is 8.09. The molecule has 0 aliphatic heterocycles. The van der Waals surface area contributed by atoms with Crippen LogP contribution < -0.4 is 11.1 Å². The summed E-state index contributed by atoms with van der Waals surface area (Å²) >= 11 is 0. The van der Waals surface area contributed by atoms with Gasteiger partial charge in [0.1, 0.15) is 0 Å². The molecule has 0 atom stereocenters. The van der Waals surface area contributed by atoms with Crippen LogP contribution in [0.1, 0.15) is 48.3 Å². The Bertz CT molecular complexity index is 692. The fraction of sp³-hybridized carbons (Fsp3) is 0.444. The Morgan fingerprint density at radius 2 is 1.88 bits per heavy atom. The van der Waals surface area contributed by atoms with E-state index in [0.717, 1.165) is 29.8 Å². The molecule has 1 amide bonds. The summed E-state index contributed by atoms with van der Waals surface area (Å²) in [6.07, 6.45) is 3.27. The van der Waals surface area contributed by atoms with Crippen molar-refractivity contribution in [2.75, 3.05) is 6.54 Å². The zero-order chi connectivity index (χ0) is 17.0. The number of carbonyl (C=O) groups excluding carboxylic acids is 1. The number of nitrogens with one attached hydrogen (secondary N) is 1. The summed E-state index contributed by atoms with van der Waals surface area (Å²) in [7, 11) is 0. The molecule has 0 aliphatic rings. The van der Waals surface area contributed by atoms with Gasteiger partial charge in [0.25, 0.3) is 5.91 Å². The number of halogens is 1. The summed E-state index contributed by atoms with van der Waals surface area (Å²) in [6, 6.07) is 7.98. The molecule has 1 heterocycles. The van der Waals surface area contributed by atoms with Gasteiger partial charge < -0.3 is 11.1 Å². The quantitative estimate of drug-likeness (QED) is 0.840. The highest BCUT2D eigenvalue weighted by Crippen LogP contribution is 2.18. The van der Waals surface area contributed by atoms with Crippen molar-refractivity contribution in [2.45, 2.75) is 46.1 Å². The van der Waals surface area contributed by atoms with E-state index in [1.54, 1.807) is 10.9 Å². The lowest BCUT2D eigenvalue weighted by Gasteiger charge is -2.26. The van der Waals surface area contributed by atoms with E-state index in [2.05, 4.69) is 10.4 Å².